The van der Waals surface area contributed by atoms with Crippen LogP contribution in [0.2, 0.25) is 0 Å². The van der Waals surface area contributed by atoms with E-state index in [1.165, 1.54) is 0 Å². The number of phenols is 1. The standard InChI is InChI=1S/C24H27NO8/c25-10-15-9-19(32-17-5-6-31-12-17)18(8-14(15)7-13-1-3-16(27)4-2-13)24-23(30)22(29)21(28)20(11-26)33-24/h1-4,8-9,17,20-24,26-30H,5-7,11-12H2/t17-,20-,21-,22+,23-,24+/m1/s1. The van der Waals surface area contributed by atoms with Gasteiger partial charge in [0, 0.05) is 12.0 Å². The Hall–Kier alpha value is -2.71. The van der Waals surface area contributed by atoms with Gasteiger partial charge >= 0.3 is 0 Å². The Morgan fingerprint density at radius 3 is 2.45 bits per heavy atom. The fraction of sp³-hybridized carbons (Fsp3) is 0.458. The van der Waals surface area contributed by atoms with E-state index in [1.54, 1.807) is 36.4 Å². The Bertz CT molecular complexity index is 997. The molecule has 2 saturated heterocycles. The summed E-state index contributed by atoms with van der Waals surface area (Å²) in [6.07, 6.45) is -5.92. The topological polar surface area (TPSA) is 153 Å². The SMILES string of the molecule is N#Cc1cc(O[C@@H]2CCOC2)c([C@@H]2O[C@H](CO)[C@@H](O)[C@H](O)[C@H]2O)cc1Cc1ccc(O)cc1. The molecule has 0 aliphatic carbocycles. The average molecular weight is 457 g/mol. The molecule has 0 bridgehead atoms. The van der Waals surface area contributed by atoms with Crippen molar-refractivity contribution in [2.75, 3.05) is 19.8 Å². The van der Waals surface area contributed by atoms with Crippen LogP contribution in [-0.2, 0) is 15.9 Å². The second-order valence-corrected chi connectivity index (χ2v) is 8.36. The van der Waals surface area contributed by atoms with Crippen molar-refractivity contribution in [3.63, 3.8) is 0 Å². The maximum Gasteiger partial charge on any atom is 0.127 e. The van der Waals surface area contributed by atoms with Gasteiger partial charge in [-0.1, -0.05) is 12.1 Å². The van der Waals surface area contributed by atoms with E-state index in [4.69, 9.17) is 14.2 Å². The summed E-state index contributed by atoms with van der Waals surface area (Å²) in [6, 6.07) is 12.0. The van der Waals surface area contributed by atoms with Crippen molar-refractivity contribution >= 4 is 0 Å². The lowest BCUT2D eigenvalue weighted by Gasteiger charge is -2.40. The highest BCUT2D eigenvalue weighted by Crippen LogP contribution is 2.39. The monoisotopic (exact) mass is 457 g/mol. The van der Waals surface area contributed by atoms with Gasteiger partial charge in [-0.05, 0) is 41.8 Å². The lowest BCUT2D eigenvalue weighted by atomic mass is 9.88. The number of nitrogens with zero attached hydrogens (tertiary/aromatic N) is 1. The number of aromatic hydroxyl groups is 1. The van der Waals surface area contributed by atoms with E-state index in [9.17, 15) is 30.8 Å². The van der Waals surface area contributed by atoms with Crippen molar-refractivity contribution in [1.29, 1.82) is 5.26 Å². The second kappa shape index (κ2) is 10.1. The van der Waals surface area contributed by atoms with Gasteiger partial charge in [-0.3, -0.25) is 0 Å². The molecule has 176 valence electrons. The number of phenolic OH excluding ortho intramolecular Hbond substituents is 1. The molecular weight excluding hydrogens is 430 g/mol. The maximum absolute atomic E-state index is 10.7. The highest BCUT2D eigenvalue weighted by atomic mass is 16.6. The van der Waals surface area contributed by atoms with Gasteiger partial charge in [0.05, 0.1) is 31.5 Å². The lowest BCUT2D eigenvalue weighted by Crippen LogP contribution is -2.55. The molecule has 2 heterocycles. The van der Waals surface area contributed by atoms with E-state index in [2.05, 4.69) is 6.07 Å². The van der Waals surface area contributed by atoms with Crippen molar-refractivity contribution in [2.45, 2.75) is 49.5 Å². The summed E-state index contributed by atoms with van der Waals surface area (Å²) in [5.74, 6) is 0.435. The fourth-order valence-corrected chi connectivity index (χ4v) is 4.20. The van der Waals surface area contributed by atoms with Gasteiger partial charge in [0.15, 0.2) is 0 Å². The molecule has 4 rings (SSSR count). The number of aliphatic hydroxyl groups is 4. The predicted octanol–water partition coefficient (Wildman–Crippen LogP) is 0.537. The van der Waals surface area contributed by atoms with Crippen LogP contribution in [0, 0.1) is 11.3 Å². The summed E-state index contributed by atoms with van der Waals surface area (Å²) < 4.78 is 17.2. The molecule has 2 fully saturated rings. The molecular formula is C24H27NO8. The first kappa shape index (κ1) is 23.4. The average Bonchev–Trinajstić information content (AvgIpc) is 3.33. The Kier molecular flexibility index (Phi) is 7.14. The fourth-order valence-electron chi connectivity index (χ4n) is 4.20. The molecule has 0 saturated carbocycles. The van der Waals surface area contributed by atoms with Crippen molar-refractivity contribution in [2.24, 2.45) is 0 Å². The minimum absolute atomic E-state index is 0.129. The first-order chi connectivity index (χ1) is 15.9. The Morgan fingerprint density at radius 2 is 1.82 bits per heavy atom. The highest BCUT2D eigenvalue weighted by molar-refractivity contribution is 5.51. The normalized spacial score (nSPS) is 29.5. The molecule has 33 heavy (non-hydrogen) atoms. The number of aliphatic hydroxyl groups excluding tert-OH is 4. The first-order valence-corrected chi connectivity index (χ1v) is 10.8. The number of rotatable bonds is 6. The van der Waals surface area contributed by atoms with E-state index in [1.807, 2.05) is 0 Å². The summed E-state index contributed by atoms with van der Waals surface area (Å²) in [5, 5.41) is 60.1. The summed E-state index contributed by atoms with van der Waals surface area (Å²) in [7, 11) is 0. The van der Waals surface area contributed by atoms with E-state index in [-0.39, 0.29) is 11.9 Å². The lowest BCUT2D eigenvalue weighted by molar-refractivity contribution is -0.232. The zero-order valence-electron chi connectivity index (χ0n) is 17.9. The molecule has 2 aliphatic heterocycles. The molecule has 2 aromatic rings. The highest BCUT2D eigenvalue weighted by Gasteiger charge is 2.45. The van der Waals surface area contributed by atoms with Gasteiger partial charge in [0.2, 0.25) is 0 Å². The number of ether oxygens (including phenoxy) is 3. The van der Waals surface area contributed by atoms with Crippen LogP contribution in [0.15, 0.2) is 36.4 Å². The zero-order valence-corrected chi connectivity index (χ0v) is 17.9. The van der Waals surface area contributed by atoms with Crippen LogP contribution in [0.5, 0.6) is 11.5 Å². The van der Waals surface area contributed by atoms with Gasteiger partial charge in [-0.2, -0.15) is 5.26 Å². The summed E-state index contributed by atoms with van der Waals surface area (Å²) in [6.45, 7) is 0.375. The minimum atomic E-state index is -1.54. The molecule has 5 N–H and O–H groups in total. The molecule has 6 atom stereocenters. The molecule has 0 unspecified atom stereocenters. The summed E-state index contributed by atoms with van der Waals surface area (Å²) >= 11 is 0. The summed E-state index contributed by atoms with van der Waals surface area (Å²) in [5.41, 5.74) is 2.24. The molecule has 0 spiro atoms. The third-order valence-electron chi connectivity index (χ3n) is 6.07. The van der Waals surface area contributed by atoms with E-state index >= 15 is 0 Å². The van der Waals surface area contributed by atoms with Crippen LogP contribution in [0.4, 0.5) is 0 Å². The van der Waals surface area contributed by atoms with Crippen LogP contribution >= 0.6 is 0 Å². The van der Waals surface area contributed by atoms with Crippen molar-refractivity contribution < 1.29 is 39.7 Å². The van der Waals surface area contributed by atoms with Crippen LogP contribution in [0.25, 0.3) is 0 Å². The number of benzene rings is 2. The van der Waals surface area contributed by atoms with E-state index in [0.29, 0.717) is 48.5 Å². The molecule has 2 aliphatic rings. The third kappa shape index (κ3) is 4.96. The van der Waals surface area contributed by atoms with E-state index < -0.39 is 37.1 Å². The largest absolute Gasteiger partial charge is 0.508 e. The first-order valence-electron chi connectivity index (χ1n) is 10.8. The van der Waals surface area contributed by atoms with Gasteiger partial charge in [-0.15, -0.1) is 0 Å². The molecule has 0 radical (unpaired) electrons. The molecule has 0 aromatic heterocycles. The van der Waals surface area contributed by atoms with Crippen molar-refractivity contribution in [3.8, 4) is 17.6 Å². The van der Waals surface area contributed by atoms with Crippen LogP contribution in [0.1, 0.15) is 34.8 Å². The second-order valence-electron chi connectivity index (χ2n) is 8.36. The van der Waals surface area contributed by atoms with Gasteiger partial charge in [-0.25, -0.2) is 0 Å². The molecule has 9 nitrogen and oxygen atoms in total. The zero-order chi connectivity index (χ0) is 23.5. The number of hydrogen-bond acceptors (Lipinski definition) is 9. The van der Waals surface area contributed by atoms with Crippen molar-refractivity contribution in [1.82, 2.24) is 0 Å². The Morgan fingerprint density at radius 1 is 1.06 bits per heavy atom. The Labute approximate surface area is 191 Å². The smallest absolute Gasteiger partial charge is 0.127 e. The molecule has 9 heteroatoms. The van der Waals surface area contributed by atoms with E-state index in [0.717, 1.165) is 5.56 Å². The molecule has 0 amide bonds. The van der Waals surface area contributed by atoms with Gasteiger partial charge in [0.25, 0.3) is 0 Å². The van der Waals surface area contributed by atoms with Gasteiger partial charge < -0.3 is 39.7 Å². The minimum Gasteiger partial charge on any atom is -0.508 e. The van der Waals surface area contributed by atoms with Crippen LogP contribution < -0.4 is 4.74 Å². The third-order valence-corrected chi connectivity index (χ3v) is 6.07. The number of hydrogen-bond donors (Lipinski definition) is 5. The van der Waals surface area contributed by atoms with Gasteiger partial charge in [0.1, 0.15) is 48.1 Å². The van der Waals surface area contributed by atoms with Crippen molar-refractivity contribution in [3.05, 3.63) is 58.7 Å². The Balaban J connectivity index is 1.76. The quantitative estimate of drug-likeness (QED) is 0.418. The maximum atomic E-state index is 10.7. The summed E-state index contributed by atoms with van der Waals surface area (Å²) in [4.78, 5) is 0. The molecule has 2 aromatic carbocycles. The number of nitriles is 1. The predicted molar refractivity (Wildman–Crippen MR) is 115 cm³/mol. The van der Waals surface area contributed by atoms with Crippen LogP contribution in [-0.4, -0.2) is 75.9 Å². The van der Waals surface area contributed by atoms with Crippen LogP contribution in [0.3, 0.4) is 0 Å².